The molecule has 2 aromatic heterocycles. The third-order valence-corrected chi connectivity index (χ3v) is 3.87. The van der Waals surface area contributed by atoms with Crippen LogP contribution in [-0.4, -0.2) is 15.2 Å². The van der Waals surface area contributed by atoms with E-state index in [9.17, 15) is 0 Å². The van der Waals surface area contributed by atoms with Crippen molar-refractivity contribution in [3.05, 3.63) is 30.2 Å². The molecule has 0 spiro atoms. The van der Waals surface area contributed by atoms with Gasteiger partial charge in [0.25, 0.3) is 0 Å². The molecule has 3 N–H and O–H groups in total. The minimum atomic E-state index is 0.583. The predicted molar refractivity (Wildman–Crippen MR) is 87.9 cm³/mol. The standard InChI is InChI=1S/C17H26N4/c1-2-3-4-5-6-7-8-9-15-16(17(18)21-20-15)14-10-12-19-13-11-14/h10-13H,2-9H2,1H3,(H3,18,20,21). The summed E-state index contributed by atoms with van der Waals surface area (Å²) in [4.78, 5) is 4.05. The summed E-state index contributed by atoms with van der Waals surface area (Å²) in [6.07, 6.45) is 13.8. The number of nitrogens with one attached hydrogen (secondary N) is 1. The molecule has 0 unspecified atom stereocenters. The molecule has 0 atom stereocenters. The van der Waals surface area contributed by atoms with Gasteiger partial charge in [-0.3, -0.25) is 10.1 Å². The Kier molecular flexibility index (Phi) is 6.25. The monoisotopic (exact) mass is 286 g/mol. The average molecular weight is 286 g/mol. The van der Waals surface area contributed by atoms with Gasteiger partial charge in [-0.2, -0.15) is 5.10 Å². The van der Waals surface area contributed by atoms with Gasteiger partial charge in [-0.05, 0) is 30.5 Å². The van der Waals surface area contributed by atoms with E-state index in [1.165, 1.54) is 44.9 Å². The van der Waals surface area contributed by atoms with E-state index >= 15 is 0 Å². The van der Waals surface area contributed by atoms with Crippen LogP contribution in [0.2, 0.25) is 0 Å². The minimum absolute atomic E-state index is 0.583. The highest BCUT2D eigenvalue weighted by Gasteiger charge is 2.12. The third-order valence-electron chi connectivity index (χ3n) is 3.87. The maximum Gasteiger partial charge on any atom is 0.153 e. The van der Waals surface area contributed by atoms with E-state index in [1.54, 1.807) is 12.4 Å². The smallest absolute Gasteiger partial charge is 0.153 e. The first-order valence-corrected chi connectivity index (χ1v) is 8.06. The second-order valence-corrected chi connectivity index (χ2v) is 5.57. The highest BCUT2D eigenvalue weighted by molar-refractivity contribution is 5.75. The maximum atomic E-state index is 6.00. The zero-order chi connectivity index (χ0) is 14.9. The van der Waals surface area contributed by atoms with Crippen LogP contribution < -0.4 is 5.73 Å². The van der Waals surface area contributed by atoms with Crippen LogP contribution in [0.3, 0.4) is 0 Å². The number of aromatic nitrogens is 3. The van der Waals surface area contributed by atoms with Crippen LogP contribution in [-0.2, 0) is 6.42 Å². The molecule has 2 aromatic rings. The third kappa shape index (κ3) is 4.59. The van der Waals surface area contributed by atoms with Crippen molar-refractivity contribution in [2.24, 2.45) is 0 Å². The van der Waals surface area contributed by atoms with E-state index < -0.39 is 0 Å². The fraction of sp³-hybridized carbons (Fsp3) is 0.529. The first-order valence-electron chi connectivity index (χ1n) is 8.06. The van der Waals surface area contributed by atoms with Crippen molar-refractivity contribution in [2.45, 2.75) is 58.3 Å². The molecule has 0 bridgehead atoms. The van der Waals surface area contributed by atoms with Crippen LogP contribution in [0.25, 0.3) is 11.1 Å². The van der Waals surface area contributed by atoms with Gasteiger partial charge in [0, 0.05) is 23.7 Å². The summed E-state index contributed by atoms with van der Waals surface area (Å²) in [5.74, 6) is 0.583. The van der Waals surface area contributed by atoms with Gasteiger partial charge in [-0.25, -0.2) is 0 Å². The number of pyridine rings is 1. The second kappa shape index (κ2) is 8.45. The van der Waals surface area contributed by atoms with E-state index in [-0.39, 0.29) is 0 Å². The molecule has 2 heterocycles. The molecule has 0 aliphatic heterocycles. The van der Waals surface area contributed by atoms with Crippen molar-refractivity contribution >= 4 is 5.82 Å². The quantitative estimate of drug-likeness (QED) is 0.673. The number of rotatable bonds is 9. The average Bonchev–Trinajstić information content (AvgIpc) is 2.88. The van der Waals surface area contributed by atoms with Crippen LogP contribution in [0.4, 0.5) is 5.82 Å². The molecule has 2 rings (SSSR count). The Hall–Kier alpha value is -1.84. The molecule has 4 heteroatoms. The SMILES string of the molecule is CCCCCCCCCc1[nH]nc(N)c1-c1ccncc1. The van der Waals surface area contributed by atoms with Crippen molar-refractivity contribution < 1.29 is 0 Å². The summed E-state index contributed by atoms with van der Waals surface area (Å²) in [5.41, 5.74) is 9.28. The molecular weight excluding hydrogens is 260 g/mol. The topological polar surface area (TPSA) is 67.6 Å². The van der Waals surface area contributed by atoms with E-state index in [0.29, 0.717) is 5.82 Å². The van der Waals surface area contributed by atoms with Crippen molar-refractivity contribution in [3.63, 3.8) is 0 Å². The Labute approximate surface area is 127 Å². The summed E-state index contributed by atoms with van der Waals surface area (Å²) in [7, 11) is 0. The molecule has 0 saturated heterocycles. The maximum absolute atomic E-state index is 6.00. The zero-order valence-corrected chi connectivity index (χ0v) is 12.9. The molecule has 0 aliphatic carbocycles. The number of nitrogens with zero attached hydrogens (tertiary/aromatic N) is 2. The van der Waals surface area contributed by atoms with Crippen molar-refractivity contribution in [3.8, 4) is 11.1 Å². The minimum Gasteiger partial charge on any atom is -0.382 e. The number of aromatic amines is 1. The van der Waals surface area contributed by atoms with Crippen LogP contribution >= 0.6 is 0 Å². The molecule has 0 saturated carbocycles. The van der Waals surface area contributed by atoms with E-state index in [1.807, 2.05) is 12.1 Å². The molecule has 0 amide bonds. The molecule has 0 aliphatic rings. The van der Waals surface area contributed by atoms with Gasteiger partial charge in [-0.1, -0.05) is 45.4 Å². The van der Waals surface area contributed by atoms with Crippen LogP contribution in [0, 0.1) is 0 Å². The summed E-state index contributed by atoms with van der Waals surface area (Å²) < 4.78 is 0. The zero-order valence-electron chi connectivity index (χ0n) is 12.9. The fourth-order valence-corrected chi connectivity index (χ4v) is 2.67. The molecule has 114 valence electrons. The van der Waals surface area contributed by atoms with Crippen molar-refractivity contribution in [1.29, 1.82) is 0 Å². The Morgan fingerprint density at radius 2 is 1.67 bits per heavy atom. The Balaban J connectivity index is 1.84. The number of H-pyrrole nitrogens is 1. The highest BCUT2D eigenvalue weighted by Crippen LogP contribution is 2.28. The number of aryl methyl sites for hydroxylation is 1. The Bertz CT molecular complexity index is 519. The molecule has 0 radical (unpaired) electrons. The largest absolute Gasteiger partial charge is 0.382 e. The van der Waals surface area contributed by atoms with E-state index in [4.69, 9.17) is 5.73 Å². The van der Waals surface area contributed by atoms with Gasteiger partial charge in [-0.15, -0.1) is 0 Å². The molecular formula is C17H26N4. The van der Waals surface area contributed by atoms with Crippen LogP contribution in [0.5, 0.6) is 0 Å². The number of anilines is 1. The van der Waals surface area contributed by atoms with Gasteiger partial charge in [0.2, 0.25) is 0 Å². The molecule has 4 nitrogen and oxygen atoms in total. The normalized spacial score (nSPS) is 10.9. The van der Waals surface area contributed by atoms with Gasteiger partial charge in [0.1, 0.15) is 0 Å². The van der Waals surface area contributed by atoms with Crippen molar-refractivity contribution in [1.82, 2.24) is 15.2 Å². The number of nitrogen functional groups attached to an aromatic ring is 1. The number of unbranched alkanes of at least 4 members (excludes halogenated alkanes) is 6. The highest BCUT2D eigenvalue weighted by atomic mass is 15.2. The lowest BCUT2D eigenvalue weighted by molar-refractivity contribution is 0.587. The van der Waals surface area contributed by atoms with E-state index in [2.05, 4.69) is 22.1 Å². The van der Waals surface area contributed by atoms with Crippen molar-refractivity contribution in [2.75, 3.05) is 5.73 Å². The predicted octanol–water partition coefficient (Wildman–Crippen LogP) is 4.35. The Morgan fingerprint density at radius 1 is 1.00 bits per heavy atom. The van der Waals surface area contributed by atoms with Crippen LogP contribution in [0.15, 0.2) is 24.5 Å². The molecule has 21 heavy (non-hydrogen) atoms. The lowest BCUT2D eigenvalue weighted by Crippen LogP contribution is -1.92. The molecule has 0 fully saturated rings. The second-order valence-electron chi connectivity index (χ2n) is 5.57. The summed E-state index contributed by atoms with van der Waals surface area (Å²) in [6, 6.07) is 3.96. The van der Waals surface area contributed by atoms with E-state index in [0.717, 1.165) is 23.2 Å². The van der Waals surface area contributed by atoms with Crippen LogP contribution in [0.1, 0.15) is 57.6 Å². The number of hydrogen-bond acceptors (Lipinski definition) is 3. The summed E-state index contributed by atoms with van der Waals surface area (Å²) in [5, 5.41) is 7.25. The summed E-state index contributed by atoms with van der Waals surface area (Å²) >= 11 is 0. The number of nitrogens with two attached hydrogens (primary N) is 1. The number of hydrogen-bond donors (Lipinski definition) is 2. The Morgan fingerprint density at radius 3 is 2.38 bits per heavy atom. The van der Waals surface area contributed by atoms with Gasteiger partial charge < -0.3 is 5.73 Å². The molecule has 0 aromatic carbocycles. The first kappa shape index (κ1) is 15.5. The lowest BCUT2D eigenvalue weighted by Gasteiger charge is -2.04. The fourth-order valence-electron chi connectivity index (χ4n) is 2.67. The van der Waals surface area contributed by atoms with Gasteiger partial charge >= 0.3 is 0 Å². The first-order chi connectivity index (χ1) is 10.3. The summed E-state index contributed by atoms with van der Waals surface area (Å²) in [6.45, 7) is 2.25. The lowest BCUT2D eigenvalue weighted by atomic mass is 10.0. The van der Waals surface area contributed by atoms with Gasteiger partial charge in [0.15, 0.2) is 5.82 Å². The van der Waals surface area contributed by atoms with Gasteiger partial charge in [0.05, 0.1) is 0 Å².